The van der Waals surface area contributed by atoms with Crippen molar-refractivity contribution < 1.29 is 13.5 Å². The Bertz CT molecular complexity index is 474. The zero-order valence-corrected chi connectivity index (χ0v) is 10.7. The van der Waals surface area contributed by atoms with Crippen LogP contribution in [-0.4, -0.2) is 19.1 Å². The van der Waals surface area contributed by atoms with Gasteiger partial charge in [0.1, 0.15) is 4.21 Å². The van der Waals surface area contributed by atoms with Gasteiger partial charge in [-0.25, -0.2) is 13.1 Å². The van der Waals surface area contributed by atoms with Gasteiger partial charge in [0.25, 0.3) is 10.0 Å². The third-order valence-corrected chi connectivity index (χ3v) is 6.04. The molecule has 6 heteroatoms. The fraction of sp³-hybridized carbons (Fsp3) is 0.600. The van der Waals surface area contributed by atoms with Gasteiger partial charge in [0.2, 0.25) is 0 Å². The number of aliphatic hydroxyl groups excluding tert-OH is 1. The number of sulfonamides is 1. The SMILES string of the molecule is CC1(NS(=O)(=O)c2cc(CO)cs2)CCC1. The van der Waals surface area contributed by atoms with Crippen LogP contribution in [0, 0.1) is 0 Å². The van der Waals surface area contributed by atoms with Gasteiger partial charge in [0, 0.05) is 5.54 Å². The zero-order valence-electron chi connectivity index (χ0n) is 9.06. The van der Waals surface area contributed by atoms with Crippen molar-refractivity contribution in [2.45, 2.75) is 42.5 Å². The van der Waals surface area contributed by atoms with Crippen molar-refractivity contribution >= 4 is 21.4 Å². The summed E-state index contributed by atoms with van der Waals surface area (Å²) in [6, 6.07) is 1.52. The molecule has 0 spiro atoms. The molecule has 1 heterocycles. The molecule has 0 radical (unpaired) electrons. The zero-order chi connectivity index (χ0) is 11.8. The third kappa shape index (κ3) is 2.29. The Morgan fingerprint density at radius 2 is 2.25 bits per heavy atom. The number of hydrogen-bond acceptors (Lipinski definition) is 4. The molecule has 2 N–H and O–H groups in total. The van der Waals surface area contributed by atoms with Crippen LogP contribution in [0.4, 0.5) is 0 Å². The van der Waals surface area contributed by atoms with Gasteiger partial charge < -0.3 is 5.11 Å². The van der Waals surface area contributed by atoms with Crippen molar-refractivity contribution in [1.29, 1.82) is 0 Å². The topological polar surface area (TPSA) is 66.4 Å². The molecule has 90 valence electrons. The van der Waals surface area contributed by atoms with Gasteiger partial charge in [-0.15, -0.1) is 11.3 Å². The van der Waals surface area contributed by atoms with Gasteiger partial charge >= 0.3 is 0 Å². The van der Waals surface area contributed by atoms with Crippen molar-refractivity contribution in [1.82, 2.24) is 4.72 Å². The number of hydrogen-bond donors (Lipinski definition) is 2. The molecule has 0 saturated heterocycles. The van der Waals surface area contributed by atoms with Gasteiger partial charge in [-0.05, 0) is 43.2 Å². The Hall–Kier alpha value is -0.430. The van der Waals surface area contributed by atoms with E-state index in [1.54, 1.807) is 5.38 Å². The highest BCUT2D eigenvalue weighted by Gasteiger charge is 2.36. The van der Waals surface area contributed by atoms with E-state index < -0.39 is 10.0 Å². The first-order chi connectivity index (χ1) is 7.45. The van der Waals surface area contributed by atoms with Crippen LogP contribution in [0.25, 0.3) is 0 Å². The maximum Gasteiger partial charge on any atom is 0.250 e. The van der Waals surface area contributed by atoms with Gasteiger partial charge in [-0.3, -0.25) is 0 Å². The minimum atomic E-state index is -3.41. The molecule has 1 aliphatic rings. The van der Waals surface area contributed by atoms with Crippen LogP contribution >= 0.6 is 11.3 Å². The average Bonchev–Trinajstić information content (AvgIpc) is 2.63. The van der Waals surface area contributed by atoms with E-state index >= 15 is 0 Å². The number of aliphatic hydroxyl groups is 1. The molecular formula is C10H15NO3S2. The van der Waals surface area contributed by atoms with Gasteiger partial charge in [0.15, 0.2) is 0 Å². The summed E-state index contributed by atoms with van der Waals surface area (Å²) in [6.07, 6.45) is 2.86. The van der Waals surface area contributed by atoms with Gasteiger partial charge in [-0.2, -0.15) is 0 Å². The van der Waals surface area contributed by atoms with E-state index in [4.69, 9.17) is 5.11 Å². The largest absolute Gasteiger partial charge is 0.392 e. The minimum absolute atomic E-state index is 0.122. The molecule has 1 fully saturated rings. The molecule has 0 unspecified atom stereocenters. The van der Waals surface area contributed by atoms with E-state index in [0.29, 0.717) is 5.56 Å². The Labute approximate surface area is 99.4 Å². The molecule has 16 heavy (non-hydrogen) atoms. The summed E-state index contributed by atoms with van der Waals surface area (Å²) in [6.45, 7) is 1.80. The van der Waals surface area contributed by atoms with E-state index in [9.17, 15) is 8.42 Å². The summed E-state index contributed by atoms with van der Waals surface area (Å²) in [5, 5.41) is 10.6. The maximum absolute atomic E-state index is 12.0. The Morgan fingerprint density at radius 1 is 1.56 bits per heavy atom. The molecule has 1 aliphatic carbocycles. The molecule has 0 aromatic carbocycles. The lowest BCUT2D eigenvalue weighted by molar-refractivity contribution is 0.248. The second-order valence-corrected chi connectivity index (χ2v) is 7.27. The lowest BCUT2D eigenvalue weighted by Gasteiger charge is -2.38. The van der Waals surface area contributed by atoms with Gasteiger partial charge in [-0.1, -0.05) is 0 Å². The highest BCUT2D eigenvalue weighted by molar-refractivity contribution is 7.91. The maximum atomic E-state index is 12.0. The summed E-state index contributed by atoms with van der Waals surface area (Å²) in [5.41, 5.74) is 0.367. The predicted molar refractivity (Wildman–Crippen MR) is 62.8 cm³/mol. The smallest absolute Gasteiger partial charge is 0.250 e. The van der Waals surface area contributed by atoms with E-state index in [1.165, 1.54) is 6.07 Å². The quantitative estimate of drug-likeness (QED) is 0.862. The first kappa shape index (κ1) is 12.0. The second kappa shape index (κ2) is 4.10. The normalized spacial score (nSPS) is 19.4. The fourth-order valence-electron chi connectivity index (χ4n) is 1.76. The third-order valence-electron chi connectivity index (χ3n) is 2.92. The monoisotopic (exact) mass is 261 g/mol. The molecule has 4 nitrogen and oxygen atoms in total. The van der Waals surface area contributed by atoms with Gasteiger partial charge in [0.05, 0.1) is 6.61 Å². The van der Waals surface area contributed by atoms with E-state index in [2.05, 4.69) is 4.72 Å². The summed E-state index contributed by atoms with van der Waals surface area (Å²) in [7, 11) is -3.41. The predicted octanol–water partition coefficient (Wildman–Crippen LogP) is 1.46. The standard InChI is InChI=1S/C10H15NO3S2/c1-10(3-2-4-10)11-16(13,14)9-5-8(6-12)7-15-9/h5,7,11-12H,2-4,6H2,1H3. The van der Waals surface area contributed by atoms with E-state index in [-0.39, 0.29) is 16.4 Å². The van der Waals surface area contributed by atoms with Crippen molar-refractivity contribution in [3.05, 3.63) is 17.0 Å². The van der Waals surface area contributed by atoms with E-state index in [1.807, 2.05) is 6.92 Å². The highest BCUT2D eigenvalue weighted by Crippen LogP contribution is 2.33. The Morgan fingerprint density at radius 3 is 2.69 bits per heavy atom. The van der Waals surface area contributed by atoms with Crippen LogP contribution in [0.5, 0.6) is 0 Å². The van der Waals surface area contributed by atoms with Crippen LogP contribution in [-0.2, 0) is 16.6 Å². The first-order valence-electron chi connectivity index (χ1n) is 5.17. The summed E-state index contributed by atoms with van der Waals surface area (Å²) in [4.78, 5) is 0. The summed E-state index contributed by atoms with van der Waals surface area (Å²) >= 11 is 1.15. The van der Waals surface area contributed by atoms with Crippen LogP contribution < -0.4 is 4.72 Å². The molecule has 0 atom stereocenters. The lowest BCUT2D eigenvalue weighted by Crippen LogP contribution is -2.50. The molecule has 1 saturated carbocycles. The number of thiophene rings is 1. The fourth-order valence-corrected chi connectivity index (χ4v) is 4.43. The summed E-state index contributed by atoms with van der Waals surface area (Å²) in [5.74, 6) is 0. The van der Waals surface area contributed by atoms with Crippen LogP contribution in [0.15, 0.2) is 15.7 Å². The molecular weight excluding hydrogens is 246 g/mol. The van der Waals surface area contributed by atoms with Crippen molar-refractivity contribution in [3.8, 4) is 0 Å². The Kier molecular flexibility index (Phi) is 3.09. The van der Waals surface area contributed by atoms with E-state index in [0.717, 1.165) is 30.6 Å². The lowest BCUT2D eigenvalue weighted by atomic mass is 9.80. The molecule has 1 aromatic heterocycles. The molecule has 1 aromatic rings. The molecule has 0 bridgehead atoms. The molecule has 2 rings (SSSR count). The van der Waals surface area contributed by atoms with Crippen molar-refractivity contribution in [3.63, 3.8) is 0 Å². The minimum Gasteiger partial charge on any atom is -0.392 e. The van der Waals surface area contributed by atoms with Crippen LogP contribution in [0.2, 0.25) is 0 Å². The Balaban J connectivity index is 2.18. The highest BCUT2D eigenvalue weighted by atomic mass is 32.2. The number of nitrogens with one attached hydrogen (secondary N) is 1. The molecule has 0 aliphatic heterocycles. The second-order valence-electron chi connectivity index (χ2n) is 4.45. The molecule has 0 amide bonds. The number of rotatable bonds is 4. The average molecular weight is 261 g/mol. The summed E-state index contributed by atoms with van der Waals surface area (Å²) < 4.78 is 27.0. The van der Waals surface area contributed by atoms with Crippen molar-refractivity contribution in [2.24, 2.45) is 0 Å². The first-order valence-corrected chi connectivity index (χ1v) is 7.54. The van der Waals surface area contributed by atoms with Crippen LogP contribution in [0.3, 0.4) is 0 Å². The van der Waals surface area contributed by atoms with Crippen LogP contribution in [0.1, 0.15) is 31.7 Å². The van der Waals surface area contributed by atoms with Crippen molar-refractivity contribution in [2.75, 3.05) is 0 Å².